The monoisotopic (exact) mass is 965 g/mol. The average molecular weight is 965 g/mol. The van der Waals surface area contributed by atoms with Gasteiger partial charge in [-0.15, -0.1) is 5.69 Å². The molecule has 0 aliphatic heterocycles. The van der Waals surface area contributed by atoms with Crippen LogP contribution in [0.3, 0.4) is 0 Å². The van der Waals surface area contributed by atoms with Gasteiger partial charge in [0, 0.05) is 48.2 Å². The summed E-state index contributed by atoms with van der Waals surface area (Å²) in [5.74, 6) is 1.23. The summed E-state index contributed by atoms with van der Waals surface area (Å²) in [7, 11) is 0. The van der Waals surface area contributed by atoms with Gasteiger partial charge in [-0.05, 0) is 99.2 Å². The Morgan fingerprint density at radius 3 is 1.52 bits per heavy atom. The summed E-state index contributed by atoms with van der Waals surface area (Å²) in [4.78, 5) is 5.49. The molecule has 0 amide bonds. The van der Waals surface area contributed by atoms with Crippen molar-refractivity contribution < 1.29 is 30.9 Å². The standard InChI is InChI=1S/C54H63N2O.C2H6.Hf/c1-33(2)40-20-14-17-23-45(40)51(56-50-41(34(3)4)24-18-25-42(50)35(5)6)49-27-19-26-48(55-49)44-22-16-15-21-43(44)47-29-36(7)28-46(52(47)57)37-30-38(53(8,9)10)32-39(31-37)54(11,12)13;1-2;/h14-35,51H,1-13H3,(H,55,57);1-2H3;/q-1;;. The van der Waals surface area contributed by atoms with E-state index in [9.17, 15) is 5.11 Å². The molecule has 1 N–H and O–H groups in total. The molecule has 3 nitrogen and oxygen atoms in total. The van der Waals surface area contributed by atoms with Gasteiger partial charge in [-0.1, -0.05) is 205 Å². The van der Waals surface area contributed by atoms with Crippen LogP contribution in [0.4, 0.5) is 5.69 Å². The van der Waals surface area contributed by atoms with Crippen molar-refractivity contribution in [2.24, 2.45) is 0 Å². The van der Waals surface area contributed by atoms with Crippen molar-refractivity contribution >= 4 is 5.69 Å². The van der Waals surface area contributed by atoms with E-state index in [2.05, 4.69) is 205 Å². The van der Waals surface area contributed by atoms with E-state index in [-0.39, 0.29) is 48.5 Å². The molecule has 0 bridgehead atoms. The zero-order valence-corrected chi connectivity index (χ0v) is 42.7. The van der Waals surface area contributed by atoms with Crippen molar-refractivity contribution in [2.45, 2.75) is 138 Å². The Morgan fingerprint density at radius 1 is 0.517 bits per heavy atom. The van der Waals surface area contributed by atoms with E-state index in [1.54, 1.807) is 0 Å². The van der Waals surface area contributed by atoms with Crippen LogP contribution >= 0.6 is 0 Å². The van der Waals surface area contributed by atoms with Crippen LogP contribution in [0.2, 0.25) is 0 Å². The number of aromatic hydroxyl groups is 1. The topological polar surface area (TPSA) is 47.2 Å². The van der Waals surface area contributed by atoms with Gasteiger partial charge in [-0.25, -0.2) is 0 Å². The number of rotatable bonds is 10. The van der Waals surface area contributed by atoms with Gasteiger partial charge in [-0.3, -0.25) is 4.98 Å². The number of aromatic nitrogens is 1. The Balaban J connectivity index is 0.00000261. The van der Waals surface area contributed by atoms with Crippen LogP contribution in [0, 0.1) is 6.92 Å². The fraction of sp³-hybridized carbons (Fsp3) is 0.375. The van der Waals surface area contributed by atoms with E-state index < -0.39 is 0 Å². The first-order chi connectivity index (χ1) is 27.8. The fourth-order valence-electron chi connectivity index (χ4n) is 7.92. The van der Waals surface area contributed by atoms with Crippen molar-refractivity contribution in [1.29, 1.82) is 0 Å². The molecule has 0 spiro atoms. The summed E-state index contributed by atoms with van der Waals surface area (Å²) in [6.07, 6.45) is 0. The molecule has 1 unspecified atom stereocenters. The minimum Gasteiger partial charge on any atom is -0.673 e. The molecule has 0 radical (unpaired) electrons. The summed E-state index contributed by atoms with van der Waals surface area (Å²) in [6, 6.07) is 40.8. The van der Waals surface area contributed by atoms with Crippen LogP contribution in [0.1, 0.15) is 165 Å². The number of aryl methyl sites for hydroxylation is 1. The molecule has 1 atom stereocenters. The van der Waals surface area contributed by atoms with Gasteiger partial charge in [0.15, 0.2) is 0 Å². The van der Waals surface area contributed by atoms with E-state index >= 15 is 0 Å². The molecule has 5 aromatic carbocycles. The van der Waals surface area contributed by atoms with E-state index in [0.29, 0.717) is 17.8 Å². The third-order valence-corrected chi connectivity index (χ3v) is 11.3. The molecule has 6 aromatic rings. The first kappa shape index (κ1) is 48.4. The van der Waals surface area contributed by atoms with Crippen molar-refractivity contribution in [1.82, 2.24) is 4.98 Å². The predicted octanol–water partition coefficient (Wildman–Crippen LogP) is 16.9. The smallest absolute Gasteiger partial charge is 0.131 e. The van der Waals surface area contributed by atoms with Crippen LogP contribution in [0.15, 0.2) is 115 Å². The molecule has 0 aliphatic carbocycles. The van der Waals surface area contributed by atoms with E-state index in [0.717, 1.165) is 50.5 Å². The van der Waals surface area contributed by atoms with Gasteiger partial charge >= 0.3 is 0 Å². The second-order valence-corrected chi connectivity index (χ2v) is 18.9. The van der Waals surface area contributed by atoms with Crippen molar-refractivity contribution in [3.63, 3.8) is 0 Å². The van der Waals surface area contributed by atoms with Gasteiger partial charge in [0.05, 0.1) is 5.69 Å². The zero-order valence-electron chi connectivity index (χ0n) is 39.1. The number of phenols is 1. The summed E-state index contributed by atoms with van der Waals surface area (Å²) in [5, 5.41) is 18.0. The Hall–Kier alpha value is -4.28. The maximum atomic E-state index is 12.3. The first-order valence-electron chi connectivity index (χ1n) is 21.8. The van der Waals surface area contributed by atoms with Crippen molar-refractivity contribution in [2.75, 3.05) is 0 Å². The summed E-state index contributed by atoms with van der Waals surface area (Å²) < 4.78 is 0. The van der Waals surface area contributed by atoms with E-state index in [1.165, 1.54) is 33.4 Å². The molecule has 0 aliphatic rings. The predicted molar refractivity (Wildman–Crippen MR) is 256 cm³/mol. The molecule has 4 heteroatoms. The quantitative estimate of drug-likeness (QED) is 0.139. The number of hydrogen-bond donors (Lipinski definition) is 1. The van der Waals surface area contributed by atoms with Crippen molar-refractivity contribution in [3.8, 4) is 39.3 Å². The van der Waals surface area contributed by atoms with Crippen LogP contribution in [-0.2, 0) is 36.7 Å². The van der Waals surface area contributed by atoms with E-state index in [4.69, 9.17) is 10.3 Å². The number of pyridine rings is 1. The molecule has 0 fully saturated rings. The number of phenolic OH excluding ortho intramolecular Hbond substituents is 1. The number of nitrogens with zero attached hydrogens (tertiary/aromatic N) is 2. The number of benzene rings is 5. The summed E-state index contributed by atoms with van der Waals surface area (Å²) >= 11 is 0. The van der Waals surface area contributed by atoms with Crippen LogP contribution in [0.25, 0.3) is 38.8 Å². The molecular weight excluding hydrogens is 895 g/mol. The summed E-state index contributed by atoms with van der Waals surface area (Å²) in [5.41, 5.74) is 15.8. The minimum atomic E-state index is -0.320. The van der Waals surface area contributed by atoms with Crippen LogP contribution < -0.4 is 0 Å². The third kappa shape index (κ3) is 10.8. The SMILES string of the molecule is CC.Cc1cc(-c2cc(C(C)(C)C)cc(C(C)(C)C)c2)c(O)c(-c2ccccc2-c2cccc(C([N-]c3c(C(C)C)cccc3C(C)C)c3ccccc3C(C)C)n2)c1.[Hf]. The largest absolute Gasteiger partial charge is 0.673 e. The van der Waals surface area contributed by atoms with E-state index in [1.807, 2.05) is 13.8 Å². The number of para-hydroxylation sites is 1. The van der Waals surface area contributed by atoms with Gasteiger partial charge < -0.3 is 10.4 Å². The van der Waals surface area contributed by atoms with Gasteiger partial charge in [0.2, 0.25) is 0 Å². The fourth-order valence-corrected chi connectivity index (χ4v) is 7.92. The first-order valence-corrected chi connectivity index (χ1v) is 21.8. The Labute approximate surface area is 382 Å². The molecule has 60 heavy (non-hydrogen) atoms. The van der Waals surface area contributed by atoms with Gasteiger partial charge in [-0.2, -0.15) is 0 Å². The average Bonchev–Trinajstić information content (AvgIpc) is 3.20. The molecule has 0 saturated carbocycles. The Morgan fingerprint density at radius 2 is 0.983 bits per heavy atom. The van der Waals surface area contributed by atoms with Crippen LogP contribution in [-0.4, -0.2) is 10.1 Å². The maximum absolute atomic E-state index is 12.3. The molecule has 6 rings (SSSR count). The Bertz CT molecular complexity index is 2310. The molecule has 1 aromatic heterocycles. The van der Waals surface area contributed by atoms with Gasteiger partial charge in [0.25, 0.3) is 0 Å². The second kappa shape index (κ2) is 20.1. The molecule has 0 saturated heterocycles. The molecular formula is C56H69HfN2O-. The second-order valence-electron chi connectivity index (χ2n) is 18.9. The molecule has 314 valence electrons. The third-order valence-electron chi connectivity index (χ3n) is 11.3. The normalized spacial score (nSPS) is 12.2. The minimum absolute atomic E-state index is 0. The van der Waals surface area contributed by atoms with Crippen molar-refractivity contribution in [3.05, 3.63) is 165 Å². The zero-order chi connectivity index (χ0) is 43.4. The number of hydrogen-bond acceptors (Lipinski definition) is 2. The van der Waals surface area contributed by atoms with Gasteiger partial charge in [0.1, 0.15) is 5.75 Å². The van der Waals surface area contributed by atoms with Crippen LogP contribution in [0.5, 0.6) is 5.75 Å². The maximum Gasteiger partial charge on any atom is 0.131 e. The Kier molecular flexibility index (Phi) is 16.2. The summed E-state index contributed by atoms with van der Waals surface area (Å²) in [6.45, 7) is 33.1. The molecule has 1 heterocycles.